The third-order valence-corrected chi connectivity index (χ3v) is 4.81. The van der Waals surface area contributed by atoms with Crippen LogP contribution in [0.1, 0.15) is 19.4 Å². The molecule has 1 aliphatic heterocycles. The molecule has 0 saturated carbocycles. The number of carbonyl (C=O) groups excluding carboxylic acids is 1. The van der Waals surface area contributed by atoms with E-state index < -0.39 is 0 Å². The van der Waals surface area contributed by atoms with E-state index in [0.717, 1.165) is 11.4 Å². The van der Waals surface area contributed by atoms with Crippen molar-refractivity contribution in [3.05, 3.63) is 59.0 Å². The quantitative estimate of drug-likeness (QED) is 0.794. The van der Waals surface area contributed by atoms with E-state index in [2.05, 4.69) is 4.99 Å². The van der Waals surface area contributed by atoms with E-state index in [4.69, 9.17) is 4.74 Å². The summed E-state index contributed by atoms with van der Waals surface area (Å²) in [5.74, 6) is 0.831. The lowest BCUT2D eigenvalue weighted by Gasteiger charge is -2.12. The van der Waals surface area contributed by atoms with Crippen LogP contribution in [0.25, 0.3) is 6.08 Å². The summed E-state index contributed by atoms with van der Waals surface area (Å²) in [6, 6.07) is 14.4. The number of phenolic OH excluding ortho intramolecular Hbond substituents is 1. The van der Waals surface area contributed by atoms with Gasteiger partial charge in [-0.25, -0.2) is 4.99 Å². The maximum absolute atomic E-state index is 12.6. The molecule has 0 atom stereocenters. The van der Waals surface area contributed by atoms with Gasteiger partial charge in [0.2, 0.25) is 0 Å². The van der Waals surface area contributed by atoms with E-state index >= 15 is 0 Å². The first kappa shape index (κ1) is 18.1. The van der Waals surface area contributed by atoms with Gasteiger partial charge in [0, 0.05) is 12.1 Å². The molecule has 26 heavy (non-hydrogen) atoms. The van der Waals surface area contributed by atoms with Gasteiger partial charge in [-0.1, -0.05) is 18.2 Å². The summed E-state index contributed by atoms with van der Waals surface area (Å²) in [5, 5.41) is 10.6. The van der Waals surface area contributed by atoms with E-state index in [1.54, 1.807) is 29.2 Å². The summed E-state index contributed by atoms with van der Waals surface area (Å²) in [7, 11) is 0. The minimum absolute atomic E-state index is 0.106. The fourth-order valence-electron chi connectivity index (χ4n) is 2.52. The molecule has 0 bridgehead atoms. The maximum Gasteiger partial charge on any atom is 0.266 e. The molecule has 2 aromatic carbocycles. The van der Waals surface area contributed by atoms with E-state index in [1.807, 2.05) is 44.2 Å². The van der Waals surface area contributed by atoms with Gasteiger partial charge >= 0.3 is 0 Å². The summed E-state index contributed by atoms with van der Waals surface area (Å²) in [4.78, 5) is 19.4. The standard InChI is InChI=1S/C20H20N2O3S/c1-3-22-19(24)18(13-14-7-5-6-8-17(14)23)26-20(22)21-15-9-11-16(12-10-15)25-4-2/h5-13,23H,3-4H2,1-2H3. The Bertz CT molecular complexity index is 860. The number of aliphatic imine (C=N–C) groups is 1. The summed E-state index contributed by atoms with van der Waals surface area (Å²) in [6.45, 7) is 4.99. The van der Waals surface area contributed by atoms with Crippen molar-refractivity contribution in [3.63, 3.8) is 0 Å². The van der Waals surface area contributed by atoms with Gasteiger partial charge in [0.05, 0.1) is 17.2 Å². The number of hydrogen-bond acceptors (Lipinski definition) is 5. The maximum atomic E-state index is 12.6. The Hall–Kier alpha value is -2.73. The van der Waals surface area contributed by atoms with Gasteiger partial charge < -0.3 is 9.84 Å². The fourth-order valence-corrected chi connectivity index (χ4v) is 3.57. The number of para-hydroxylation sites is 1. The summed E-state index contributed by atoms with van der Waals surface area (Å²) in [5.41, 5.74) is 1.37. The van der Waals surface area contributed by atoms with Crippen LogP contribution in [0.3, 0.4) is 0 Å². The van der Waals surface area contributed by atoms with Gasteiger partial charge in [-0.3, -0.25) is 9.69 Å². The van der Waals surface area contributed by atoms with E-state index in [1.165, 1.54) is 11.8 Å². The van der Waals surface area contributed by atoms with E-state index in [9.17, 15) is 9.90 Å². The summed E-state index contributed by atoms with van der Waals surface area (Å²) < 4.78 is 5.43. The van der Waals surface area contributed by atoms with Crippen LogP contribution in [0.2, 0.25) is 0 Å². The second kappa shape index (κ2) is 8.10. The number of amides is 1. The molecule has 6 heteroatoms. The zero-order chi connectivity index (χ0) is 18.5. The molecule has 1 N–H and O–H groups in total. The van der Waals surface area contributed by atoms with Crippen molar-refractivity contribution in [1.82, 2.24) is 4.90 Å². The number of rotatable bonds is 5. The lowest BCUT2D eigenvalue weighted by atomic mass is 10.2. The SMILES string of the molecule is CCOc1ccc(N=C2SC(=Cc3ccccc3O)C(=O)N2CC)cc1. The van der Waals surface area contributed by atoms with Crippen molar-refractivity contribution in [2.45, 2.75) is 13.8 Å². The third-order valence-electron chi connectivity index (χ3n) is 3.80. The zero-order valence-corrected chi connectivity index (χ0v) is 15.5. The molecule has 3 rings (SSSR count). The molecule has 0 spiro atoms. The third kappa shape index (κ3) is 3.91. The number of hydrogen-bond donors (Lipinski definition) is 1. The number of likely N-dealkylation sites (N-methyl/N-ethyl adjacent to an activating group) is 1. The molecule has 0 unspecified atom stereocenters. The molecular weight excluding hydrogens is 348 g/mol. The van der Waals surface area contributed by atoms with Crippen LogP contribution in [0.4, 0.5) is 5.69 Å². The van der Waals surface area contributed by atoms with E-state index in [-0.39, 0.29) is 11.7 Å². The lowest BCUT2D eigenvalue weighted by molar-refractivity contribution is -0.122. The Morgan fingerprint density at radius 1 is 1.15 bits per heavy atom. The average Bonchev–Trinajstić information content (AvgIpc) is 2.93. The predicted molar refractivity (Wildman–Crippen MR) is 106 cm³/mol. The van der Waals surface area contributed by atoms with Crippen LogP contribution >= 0.6 is 11.8 Å². The molecule has 1 fully saturated rings. The van der Waals surface area contributed by atoms with Crippen molar-refractivity contribution in [2.75, 3.05) is 13.2 Å². The first-order valence-electron chi connectivity index (χ1n) is 8.43. The van der Waals surface area contributed by atoms with Gasteiger partial charge in [-0.15, -0.1) is 0 Å². The second-order valence-electron chi connectivity index (χ2n) is 5.54. The summed E-state index contributed by atoms with van der Waals surface area (Å²) >= 11 is 1.31. The number of amidine groups is 1. The van der Waals surface area contributed by atoms with Gasteiger partial charge in [0.15, 0.2) is 5.17 Å². The number of aromatic hydroxyl groups is 1. The second-order valence-corrected chi connectivity index (χ2v) is 6.55. The molecule has 1 aliphatic rings. The first-order valence-corrected chi connectivity index (χ1v) is 9.25. The molecule has 0 aliphatic carbocycles. The van der Waals surface area contributed by atoms with Crippen LogP contribution in [0, 0.1) is 0 Å². The predicted octanol–water partition coefficient (Wildman–Crippen LogP) is 4.41. The number of nitrogens with zero attached hydrogens (tertiary/aromatic N) is 2. The number of ether oxygens (including phenoxy) is 1. The van der Waals surface area contributed by atoms with Crippen molar-refractivity contribution < 1.29 is 14.6 Å². The van der Waals surface area contributed by atoms with Crippen LogP contribution in [0.5, 0.6) is 11.5 Å². The molecule has 0 aromatic heterocycles. The number of carbonyl (C=O) groups is 1. The molecular formula is C20H20N2O3S. The van der Waals surface area contributed by atoms with E-state index in [0.29, 0.717) is 28.8 Å². The van der Waals surface area contributed by atoms with Crippen LogP contribution in [0.15, 0.2) is 58.4 Å². The molecule has 0 radical (unpaired) electrons. The normalized spacial score (nSPS) is 17.3. The summed E-state index contributed by atoms with van der Waals surface area (Å²) in [6.07, 6.45) is 1.70. The number of benzene rings is 2. The molecule has 1 amide bonds. The van der Waals surface area contributed by atoms with Crippen molar-refractivity contribution in [1.29, 1.82) is 0 Å². The number of thioether (sulfide) groups is 1. The topological polar surface area (TPSA) is 62.1 Å². The largest absolute Gasteiger partial charge is 0.507 e. The van der Waals surface area contributed by atoms with Crippen LogP contribution in [-0.2, 0) is 4.79 Å². The highest BCUT2D eigenvalue weighted by Gasteiger charge is 2.32. The van der Waals surface area contributed by atoms with Gasteiger partial charge in [0.1, 0.15) is 11.5 Å². The Labute approximate surface area is 157 Å². The molecule has 2 aromatic rings. The average molecular weight is 368 g/mol. The van der Waals surface area contributed by atoms with Crippen molar-refractivity contribution in [3.8, 4) is 11.5 Å². The van der Waals surface area contributed by atoms with Crippen molar-refractivity contribution in [2.24, 2.45) is 4.99 Å². The van der Waals surface area contributed by atoms with Gasteiger partial charge in [-0.05, 0) is 62.0 Å². The number of phenols is 1. The smallest absolute Gasteiger partial charge is 0.266 e. The molecule has 5 nitrogen and oxygen atoms in total. The van der Waals surface area contributed by atoms with Crippen molar-refractivity contribution >= 4 is 34.6 Å². The highest BCUT2D eigenvalue weighted by molar-refractivity contribution is 8.18. The zero-order valence-electron chi connectivity index (χ0n) is 14.7. The Kier molecular flexibility index (Phi) is 5.63. The monoisotopic (exact) mass is 368 g/mol. The van der Waals surface area contributed by atoms with Crippen LogP contribution < -0.4 is 4.74 Å². The minimum atomic E-state index is -0.106. The highest BCUT2D eigenvalue weighted by atomic mass is 32.2. The molecule has 1 saturated heterocycles. The van der Waals surface area contributed by atoms with Crippen LogP contribution in [-0.4, -0.2) is 34.2 Å². The first-order chi connectivity index (χ1) is 12.6. The Morgan fingerprint density at radius 2 is 1.88 bits per heavy atom. The minimum Gasteiger partial charge on any atom is -0.507 e. The Balaban J connectivity index is 1.88. The fraction of sp³-hybridized carbons (Fsp3) is 0.200. The van der Waals surface area contributed by atoms with Gasteiger partial charge in [0.25, 0.3) is 5.91 Å². The Morgan fingerprint density at radius 3 is 2.54 bits per heavy atom. The lowest BCUT2D eigenvalue weighted by Crippen LogP contribution is -2.28. The molecule has 1 heterocycles. The van der Waals surface area contributed by atoms with Gasteiger partial charge in [-0.2, -0.15) is 0 Å². The highest BCUT2D eigenvalue weighted by Crippen LogP contribution is 2.35. The molecule has 134 valence electrons.